The number of esters is 2. The van der Waals surface area contributed by atoms with Gasteiger partial charge in [0.05, 0.1) is 6.61 Å². The SMILES string of the molecule is CC/C=C\C/C=C\C/C=C\C/C=C\C/C=C\CCCC(=O)OC(CO)COC(=O)CCCCCCCCC. The molecule has 0 aliphatic heterocycles. The number of unbranched alkanes of at least 4 members (excludes halogenated alkanes) is 7. The highest BCUT2D eigenvalue weighted by Gasteiger charge is 2.15. The van der Waals surface area contributed by atoms with Crippen molar-refractivity contribution >= 4 is 11.9 Å². The van der Waals surface area contributed by atoms with E-state index >= 15 is 0 Å². The van der Waals surface area contributed by atoms with Crippen molar-refractivity contribution in [3.05, 3.63) is 60.8 Å². The molecule has 1 unspecified atom stereocenters. The van der Waals surface area contributed by atoms with E-state index in [1.165, 1.54) is 25.7 Å². The maximum Gasteiger partial charge on any atom is 0.306 e. The van der Waals surface area contributed by atoms with Crippen LogP contribution in [0.2, 0.25) is 0 Å². The van der Waals surface area contributed by atoms with E-state index in [-0.39, 0.29) is 31.6 Å². The van der Waals surface area contributed by atoms with Gasteiger partial charge in [0.15, 0.2) is 6.10 Å². The highest BCUT2D eigenvalue weighted by molar-refractivity contribution is 5.70. The van der Waals surface area contributed by atoms with Crippen LogP contribution < -0.4 is 0 Å². The van der Waals surface area contributed by atoms with Gasteiger partial charge in [-0.25, -0.2) is 0 Å². The van der Waals surface area contributed by atoms with Crippen molar-refractivity contribution in [1.29, 1.82) is 0 Å². The van der Waals surface area contributed by atoms with Crippen LogP contribution in [0.1, 0.15) is 117 Å². The number of aliphatic hydroxyl groups excluding tert-OH is 1. The zero-order valence-electron chi connectivity index (χ0n) is 24.2. The molecule has 0 spiro atoms. The van der Waals surface area contributed by atoms with Gasteiger partial charge in [0, 0.05) is 12.8 Å². The Hall–Kier alpha value is -2.40. The number of aliphatic hydroxyl groups is 1. The average molecular weight is 531 g/mol. The van der Waals surface area contributed by atoms with Crippen LogP contribution in [0.4, 0.5) is 0 Å². The maximum absolute atomic E-state index is 12.0. The second-order valence-electron chi connectivity index (χ2n) is 9.45. The normalized spacial score (nSPS) is 13.0. The predicted octanol–water partition coefficient (Wildman–Crippen LogP) is 8.50. The Morgan fingerprint density at radius 3 is 1.68 bits per heavy atom. The summed E-state index contributed by atoms with van der Waals surface area (Å²) in [6, 6.07) is 0. The zero-order chi connectivity index (χ0) is 27.9. The van der Waals surface area contributed by atoms with E-state index in [1.54, 1.807) is 0 Å². The van der Waals surface area contributed by atoms with E-state index < -0.39 is 6.10 Å². The van der Waals surface area contributed by atoms with Crippen LogP contribution in [0, 0.1) is 0 Å². The molecular formula is C33H54O5. The van der Waals surface area contributed by atoms with E-state index in [0.29, 0.717) is 12.8 Å². The van der Waals surface area contributed by atoms with Crippen LogP contribution in [0.5, 0.6) is 0 Å². The molecule has 38 heavy (non-hydrogen) atoms. The van der Waals surface area contributed by atoms with E-state index in [1.807, 2.05) is 0 Å². The molecule has 0 radical (unpaired) electrons. The van der Waals surface area contributed by atoms with Crippen LogP contribution in [0.3, 0.4) is 0 Å². The van der Waals surface area contributed by atoms with E-state index in [9.17, 15) is 14.7 Å². The summed E-state index contributed by atoms with van der Waals surface area (Å²) in [5.74, 6) is -0.675. The molecule has 0 saturated carbocycles. The molecule has 0 aromatic carbocycles. The first kappa shape index (κ1) is 35.6. The van der Waals surface area contributed by atoms with Gasteiger partial charge in [0.1, 0.15) is 6.61 Å². The molecule has 0 bridgehead atoms. The predicted molar refractivity (Wildman–Crippen MR) is 159 cm³/mol. The van der Waals surface area contributed by atoms with E-state index in [0.717, 1.165) is 57.8 Å². The second-order valence-corrected chi connectivity index (χ2v) is 9.45. The Bertz CT molecular complexity index is 702. The quantitative estimate of drug-likeness (QED) is 0.0728. The molecule has 0 rings (SSSR count). The molecule has 1 N–H and O–H groups in total. The minimum absolute atomic E-state index is 0.0909. The summed E-state index contributed by atoms with van der Waals surface area (Å²) in [4.78, 5) is 23.9. The smallest absolute Gasteiger partial charge is 0.306 e. The van der Waals surface area contributed by atoms with Crippen LogP contribution >= 0.6 is 0 Å². The molecular weight excluding hydrogens is 476 g/mol. The molecule has 216 valence electrons. The molecule has 0 saturated heterocycles. The van der Waals surface area contributed by atoms with Crippen molar-refractivity contribution in [2.24, 2.45) is 0 Å². The van der Waals surface area contributed by atoms with Crippen molar-refractivity contribution in [2.45, 2.75) is 123 Å². The van der Waals surface area contributed by atoms with Gasteiger partial charge in [-0.2, -0.15) is 0 Å². The third-order valence-corrected chi connectivity index (χ3v) is 5.83. The first-order valence-corrected chi connectivity index (χ1v) is 14.8. The molecule has 0 aromatic heterocycles. The number of allylic oxidation sites excluding steroid dienone is 10. The first-order valence-electron chi connectivity index (χ1n) is 14.8. The van der Waals surface area contributed by atoms with Gasteiger partial charge in [0.2, 0.25) is 0 Å². The fourth-order valence-corrected chi connectivity index (χ4v) is 3.59. The standard InChI is InChI=1S/C33H54O5/c1-3-5-7-9-11-12-13-14-15-16-17-18-19-20-22-24-26-28-33(36)38-31(29-34)30-37-32(35)27-25-23-21-10-8-6-4-2/h5,7,11-12,14-15,17-18,20,22,31,34H,3-4,6,8-10,13,16,19,21,23-30H2,1-2H3/b7-5-,12-11-,15-14-,18-17-,22-20-. The average Bonchev–Trinajstić information content (AvgIpc) is 2.92. The van der Waals surface area contributed by atoms with E-state index in [2.05, 4.69) is 74.6 Å². The molecule has 0 aromatic rings. The van der Waals surface area contributed by atoms with E-state index in [4.69, 9.17) is 9.47 Å². The van der Waals surface area contributed by atoms with Crippen molar-refractivity contribution in [3.8, 4) is 0 Å². The minimum Gasteiger partial charge on any atom is -0.462 e. The fourth-order valence-electron chi connectivity index (χ4n) is 3.59. The third-order valence-electron chi connectivity index (χ3n) is 5.83. The maximum atomic E-state index is 12.0. The Morgan fingerprint density at radius 1 is 0.632 bits per heavy atom. The highest BCUT2D eigenvalue weighted by Crippen LogP contribution is 2.09. The monoisotopic (exact) mass is 530 g/mol. The van der Waals surface area contributed by atoms with Gasteiger partial charge in [-0.05, 0) is 51.4 Å². The molecule has 5 nitrogen and oxygen atoms in total. The van der Waals surface area contributed by atoms with Crippen LogP contribution in [0.15, 0.2) is 60.8 Å². The first-order chi connectivity index (χ1) is 18.6. The van der Waals surface area contributed by atoms with Gasteiger partial charge in [0.25, 0.3) is 0 Å². The van der Waals surface area contributed by atoms with Gasteiger partial charge in [-0.1, -0.05) is 113 Å². The zero-order valence-corrected chi connectivity index (χ0v) is 24.2. The highest BCUT2D eigenvalue weighted by atomic mass is 16.6. The molecule has 0 heterocycles. The summed E-state index contributed by atoms with van der Waals surface area (Å²) in [6.45, 7) is 3.89. The molecule has 0 aliphatic rings. The number of carbonyl (C=O) groups is 2. The fraction of sp³-hybridized carbons (Fsp3) is 0.636. The van der Waals surface area contributed by atoms with Gasteiger partial charge in [-0.15, -0.1) is 0 Å². The van der Waals surface area contributed by atoms with Gasteiger partial charge < -0.3 is 14.6 Å². The number of ether oxygens (including phenoxy) is 2. The molecule has 1 atom stereocenters. The Morgan fingerprint density at radius 2 is 1.13 bits per heavy atom. The molecule has 0 aliphatic carbocycles. The number of rotatable bonds is 25. The summed E-state index contributed by atoms with van der Waals surface area (Å²) in [5, 5.41) is 9.43. The summed E-state index contributed by atoms with van der Waals surface area (Å²) in [6.07, 6.45) is 35.7. The van der Waals surface area contributed by atoms with Crippen molar-refractivity contribution in [3.63, 3.8) is 0 Å². The van der Waals surface area contributed by atoms with Crippen LogP contribution in [-0.4, -0.2) is 36.4 Å². The van der Waals surface area contributed by atoms with Crippen molar-refractivity contribution in [2.75, 3.05) is 13.2 Å². The number of hydrogen-bond acceptors (Lipinski definition) is 5. The summed E-state index contributed by atoms with van der Waals surface area (Å²) >= 11 is 0. The summed E-state index contributed by atoms with van der Waals surface area (Å²) < 4.78 is 10.4. The molecule has 5 heteroatoms. The van der Waals surface area contributed by atoms with Gasteiger partial charge >= 0.3 is 11.9 Å². The lowest BCUT2D eigenvalue weighted by Crippen LogP contribution is -2.28. The largest absolute Gasteiger partial charge is 0.462 e. The topological polar surface area (TPSA) is 72.8 Å². The van der Waals surface area contributed by atoms with Crippen molar-refractivity contribution in [1.82, 2.24) is 0 Å². The van der Waals surface area contributed by atoms with Crippen LogP contribution in [-0.2, 0) is 19.1 Å². The van der Waals surface area contributed by atoms with Crippen molar-refractivity contribution < 1.29 is 24.2 Å². The van der Waals surface area contributed by atoms with Crippen LogP contribution in [0.25, 0.3) is 0 Å². The van der Waals surface area contributed by atoms with Gasteiger partial charge in [-0.3, -0.25) is 9.59 Å². The molecule has 0 amide bonds. The Kier molecular flexibility index (Phi) is 27.3. The Balaban J connectivity index is 3.77. The molecule has 0 fully saturated rings. The number of carbonyl (C=O) groups excluding carboxylic acids is 2. The second kappa shape index (κ2) is 29.2. The minimum atomic E-state index is -0.797. The number of hydrogen-bond donors (Lipinski definition) is 1. The summed E-state index contributed by atoms with van der Waals surface area (Å²) in [7, 11) is 0. The lowest BCUT2D eigenvalue weighted by molar-refractivity contribution is -0.161. The lowest BCUT2D eigenvalue weighted by Gasteiger charge is -2.15. The Labute approximate surface area is 232 Å². The third kappa shape index (κ3) is 26.7. The lowest BCUT2D eigenvalue weighted by atomic mass is 10.1. The summed E-state index contributed by atoms with van der Waals surface area (Å²) in [5.41, 5.74) is 0.